The van der Waals surface area contributed by atoms with Crippen molar-refractivity contribution in [3.8, 4) is 0 Å². The lowest BCUT2D eigenvalue weighted by Crippen LogP contribution is -2.33. The monoisotopic (exact) mass is 606 g/mol. The van der Waals surface area contributed by atoms with E-state index in [1.807, 2.05) is 0 Å². The van der Waals surface area contributed by atoms with Gasteiger partial charge in [-0.3, -0.25) is 28.7 Å². The summed E-state index contributed by atoms with van der Waals surface area (Å²) in [5.74, 6) is -0.900. The molecule has 4 aromatic rings. The number of nitrogens with two attached hydrogens (primary N) is 2. The average molecular weight is 607 g/mol. The van der Waals surface area contributed by atoms with Crippen LogP contribution in [0, 0.1) is 0 Å². The lowest BCUT2D eigenvalue weighted by molar-refractivity contribution is -0.199. The van der Waals surface area contributed by atoms with Gasteiger partial charge in [0, 0.05) is 0 Å². The highest BCUT2D eigenvalue weighted by Gasteiger charge is 2.56. The molecular weight excluding hydrogens is 576 g/mol. The average Bonchev–Trinajstić information content (AvgIpc) is 3.74. The van der Waals surface area contributed by atoms with Crippen LogP contribution < -0.4 is 22.6 Å². The first-order chi connectivity index (χ1) is 20.4. The van der Waals surface area contributed by atoms with Crippen LogP contribution >= 0.6 is 0 Å². The van der Waals surface area contributed by atoms with E-state index in [-0.39, 0.29) is 35.2 Å². The third-order valence-electron chi connectivity index (χ3n) is 7.27. The Morgan fingerprint density at radius 3 is 1.81 bits per heavy atom. The molecule has 3 saturated heterocycles. The number of imidazole rings is 2. The molecule has 20 nitrogen and oxygen atoms in total. The molecule has 0 aliphatic carbocycles. The van der Waals surface area contributed by atoms with Crippen molar-refractivity contribution >= 4 is 34.2 Å². The Morgan fingerprint density at radius 1 is 0.814 bits per heavy atom. The predicted octanol–water partition coefficient (Wildman–Crippen LogP) is -3.58. The van der Waals surface area contributed by atoms with Crippen molar-refractivity contribution in [1.29, 1.82) is 0 Å². The number of aromatic amines is 2. The summed E-state index contributed by atoms with van der Waals surface area (Å²) in [6.45, 7) is 2.94. The number of hydrogen-bond acceptors (Lipinski definition) is 16. The quantitative estimate of drug-likeness (QED) is 0.111. The fourth-order valence-electron chi connectivity index (χ4n) is 5.40. The number of aromatic nitrogens is 8. The number of rotatable bonds is 4. The second-order valence-corrected chi connectivity index (χ2v) is 10.6. The molecule has 0 aromatic carbocycles. The lowest BCUT2D eigenvalue weighted by atomic mass is 10.1. The van der Waals surface area contributed by atoms with Gasteiger partial charge in [-0.2, -0.15) is 9.97 Å². The number of nitrogens with one attached hydrogen (secondary N) is 2. The van der Waals surface area contributed by atoms with E-state index in [1.54, 1.807) is 18.4 Å². The normalized spacial score (nSPS) is 31.4. The first-order valence-corrected chi connectivity index (χ1v) is 13.1. The lowest BCUT2D eigenvalue weighted by Gasteiger charge is -2.24. The summed E-state index contributed by atoms with van der Waals surface area (Å²) in [6, 6.07) is 0. The number of fused-ring (bicyclic) bond motifs is 3. The molecule has 0 bridgehead atoms. The van der Waals surface area contributed by atoms with Crippen molar-refractivity contribution in [2.24, 2.45) is 0 Å². The summed E-state index contributed by atoms with van der Waals surface area (Å²) in [5.41, 5.74) is 10.7. The first-order valence-electron chi connectivity index (χ1n) is 13.1. The molecule has 3 aliphatic rings. The zero-order chi connectivity index (χ0) is 30.8. The minimum atomic E-state index is -1.29. The summed E-state index contributed by atoms with van der Waals surface area (Å²) in [4.78, 5) is 44.2. The highest BCUT2D eigenvalue weighted by Crippen LogP contribution is 2.43. The topological polar surface area (TPSA) is 297 Å². The number of ether oxygens (including phenoxy) is 4. The summed E-state index contributed by atoms with van der Waals surface area (Å²) in [7, 11) is 0. The van der Waals surface area contributed by atoms with Gasteiger partial charge in [0.25, 0.3) is 11.1 Å². The third kappa shape index (κ3) is 4.92. The Hall–Kier alpha value is -4.02. The van der Waals surface area contributed by atoms with Crippen molar-refractivity contribution in [1.82, 2.24) is 39.0 Å². The Labute approximate surface area is 239 Å². The highest BCUT2D eigenvalue weighted by atomic mass is 16.8. The maximum atomic E-state index is 11.9. The summed E-state index contributed by atoms with van der Waals surface area (Å²) in [6.07, 6.45) is -3.81. The number of aliphatic hydroxyl groups excluding tert-OH is 4. The minimum absolute atomic E-state index is 0.0126. The van der Waals surface area contributed by atoms with E-state index in [9.17, 15) is 24.9 Å². The van der Waals surface area contributed by atoms with Crippen LogP contribution in [0.15, 0.2) is 22.2 Å². The molecule has 0 radical (unpaired) electrons. The maximum absolute atomic E-state index is 11.9. The van der Waals surface area contributed by atoms with E-state index in [4.69, 9.17) is 35.5 Å². The van der Waals surface area contributed by atoms with Gasteiger partial charge in [0.1, 0.15) is 36.6 Å². The smallest absolute Gasteiger partial charge is 0.280 e. The molecule has 232 valence electrons. The van der Waals surface area contributed by atoms with Gasteiger partial charge >= 0.3 is 0 Å². The fourth-order valence-corrected chi connectivity index (χ4v) is 5.40. The van der Waals surface area contributed by atoms with E-state index in [1.165, 1.54) is 17.2 Å². The highest BCUT2D eigenvalue weighted by molar-refractivity contribution is 5.71. The van der Waals surface area contributed by atoms with Crippen LogP contribution in [-0.2, 0) is 18.9 Å². The largest absolute Gasteiger partial charge is 0.394 e. The van der Waals surface area contributed by atoms with Gasteiger partial charge in [-0.25, -0.2) is 9.97 Å². The molecule has 8 unspecified atom stereocenters. The molecule has 3 fully saturated rings. The van der Waals surface area contributed by atoms with E-state index in [2.05, 4.69) is 29.9 Å². The number of nitrogen functional groups attached to an aromatic ring is 2. The van der Waals surface area contributed by atoms with E-state index < -0.39 is 72.6 Å². The summed E-state index contributed by atoms with van der Waals surface area (Å²) in [5, 5.41) is 38.3. The van der Waals surface area contributed by atoms with Crippen LogP contribution in [0.4, 0.5) is 11.9 Å². The maximum Gasteiger partial charge on any atom is 0.280 e. The van der Waals surface area contributed by atoms with Crippen molar-refractivity contribution < 1.29 is 39.4 Å². The van der Waals surface area contributed by atoms with Gasteiger partial charge in [0.15, 0.2) is 40.6 Å². The molecule has 0 saturated carbocycles. The van der Waals surface area contributed by atoms with Crippen LogP contribution in [0.1, 0.15) is 26.3 Å². The van der Waals surface area contributed by atoms with Crippen LogP contribution in [-0.4, -0.2) is 115 Å². The van der Waals surface area contributed by atoms with Crippen LogP contribution in [0.25, 0.3) is 22.3 Å². The molecular formula is C23H30N10O10. The molecule has 20 heteroatoms. The van der Waals surface area contributed by atoms with Crippen LogP contribution in [0.5, 0.6) is 0 Å². The number of anilines is 2. The zero-order valence-electron chi connectivity index (χ0n) is 22.8. The molecule has 7 rings (SSSR count). The first kappa shape index (κ1) is 29.1. The van der Waals surface area contributed by atoms with Crippen molar-refractivity contribution in [3.05, 3.63) is 33.4 Å². The van der Waals surface area contributed by atoms with E-state index in [0.29, 0.717) is 5.65 Å². The van der Waals surface area contributed by atoms with Gasteiger partial charge in [0.05, 0.1) is 25.9 Å². The van der Waals surface area contributed by atoms with Crippen molar-refractivity contribution in [2.45, 2.75) is 68.7 Å². The van der Waals surface area contributed by atoms with Gasteiger partial charge in [-0.05, 0) is 13.8 Å². The molecule has 43 heavy (non-hydrogen) atoms. The Morgan fingerprint density at radius 2 is 1.30 bits per heavy atom. The number of H-pyrrole nitrogens is 2. The number of hydrogen-bond donors (Lipinski definition) is 8. The summed E-state index contributed by atoms with van der Waals surface area (Å²) < 4.78 is 25.8. The van der Waals surface area contributed by atoms with Gasteiger partial charge in [0.2, 0.25) is 11.9 Å². The van der Waals surface area contributed by atoms with Gasteiger partial charge in [-0.1, -0.05) is 0 Å². The Bertz CT molecular complexity index is 1770. The van der Waals surface area contributed by atoms with Crippen LogP contribution in [0.3, 0.4) is 0 Å². The second kappa shape index (κ2) is 10.6. The zero-order valence-corrected chi connectivity index (χ0v) is 22.8. The predicted molar refractivity (Wildman–Crippen MR) is 143 cm³/mol. The molecule has 7 heterocycles. The van der Waals surface area contributed by atoms with Gasteiger partial charge in [-0.15, -0.1) is 0 Å². The summed E-state index contributed by atoms with van der Waals surface area (Å²) >= 11 is 0. The van der Waals surface area contributed by atoms with Crippen molar-refractivity contribution in [3.63, 3.8) is 0 Å². The second-order valence-electron chi connectivity index (χ2n) is 10.6. The number of nitrogens with zero attached hydrogens (tertiary/aromatic N) is 6. The van der Waals surface area contributed by atoms with Crippen molar-refractivity contribution in [2.75, 3.05) is 24.7 Å². The van der Waals surface area contributed by atoms with E-state index in [0.717, 1.165) is 0 Å². The Kier molecular flexibility index (Phi) is 7.17. The molecule has 0 spiro atoms. The standard InChI is InChI=1S/C13H17N5O5.C10H13N5O5/c1-13(2)22-7-5(3-19)21-11(8(7)23-13)18-4-15-6-9(18)16-12(14)17-10(6)20;11-10-13-7-4(8(19)14-10)12-2-15(7)9-6(18)5(17)3(1-16)20-9/h4-5,7-8,11,19H,3H2,1-2H3,(H3,14,16,17,20);2-3,5-6,9,16-18H,1H2,(H3,11,13,14,19). The number of aliphatic hydroxyl groups is 4. The van der Waals surface area contributed by atoms with Crippen LogP contribution in [0.2, 0.25) is 0 Å². The molecule has 8 atom stereocenters. The van der Waals surface area contributed by atoms with Gasteiger partial charge < -0.3 is 50.8 Å². The third-order valence-corrected chi connectivity index (χ3v) is 7.27. The Balaban J connectivity index is 0.000000155. The molecule has 4 aromatic heterocycles. The molecule has 0 amide bonds. The fraction of sp³-hybridized carbons (Fsp3) is 0.565. The molecule has 3 aliphatic heterocycles. The van der Waals surface area contributed by atoms with E-state index >= 15 is 0 Å². The minimum Gasteiger partial charge on any atom is -0.394 e. The molecule has 10 N–H and O–H groups in total. The SMILES string of the molecule is CC1(C)OC2C(CO)OC(n3cnc4c(=O)[nH]c(N)nc43)C2O1.Nc1nc2c(ncn2C2OC(CO)C(O)C2O)c(=O)[nH]1.